The van der Waals surface area contributed by atoms with Gasteiger partial charge in [-0.3, -0.25) is 23.4 Å². The molecule has 0 bridgehead atoms. The molecule has 0 heterocycles. The molecule has 72 heavy (non-hydrogen) atoms. The Morgan fingerprint density at radius 2 is 0.750 bits per heavy atom. The van der Waals surface area contributed by atoms with Crippen LogP contribution in [0.3, 0.4) is 0 Å². The summed E-state index contributed by atoms with van der Waals surface area (Å²) >= 11 is 0. The van der Waals surface area contributed by atoms with E-state index in [9.17, 15) is 28.9 Å². The molecule has 0 aliphatic heterocycles. The summed E-state index contributed by atoms with van der Waals surface area (Å²) in [5.74, 6) is -1.48. The van der Waals surface area contributed by atoms with Crippen LogP contribution in [-0.2, 0) is 42.2 Å². The van der Waals surface area contributed by atoms with Gasteiger partial charge in [0.05, 0.1) is 19.8 Å². The molecule has 0 aromatic rings. The highest BCUT2D eigenvalue weighted by Crippen LogP contribution is 2.43. The van der Waals surface area contributed by atoms with Crippen LogP contribution in [0.1, 0.15) is 265 Å². The van der Waals surface area contributed by atoms with E-state index in [4.69, 9.17) is 23.3 Å². The number of carbonyl (C=O) groups excluding carboxylic acids is 3. The highest BCUT2D eigenvalue weighted by molar-refractivity contribution is 7.47. The molecule has 3 atom stereocenters. The third-order valence-corrected chi connectivity index (χ3v) is 13.4. The van der Waals surface area contributed by atoms with E-state index in [1.807, 2.05) is 0 Å². The minimum absolute atomic E-state index is 0.153. The molecule has 12 heteroatoms. The van der Waals surface area contributed by atoms with Gasteiger partial charge in [0, 0.05) is 19.3 Å². The molecule has 2 N–H and O–H groups in total. The molecule has 0 aliphatic rings. The molecule has 0 amide bonds. The first-order chi connectivity index (χ1) is 35.2. The molecule has 0 fully saturated rings. The maximum atomic E-state index is 12.9. The van der Waals surface area contributed by atoms with Gasteiger partial charge in [-0.05, 0) is 77.0 Å². The maximum absolute atomic E-state index is 12.9. The van der Waals surface area contributed by atoms with E-state index < -0.39 is 57.8 Å². The summed E-state index contributed by atoms with van der Waals surface area (Å²) in [5, 5.41) is 9.82. The van der Waals surface area contributed by atoms with Crippen molar-refractivity contribution in [3.05, 3.63) is 60.8 Å². The Morgan fingerprint density at radius 1 is 0.403 bits per heavy atom. The topological polar surface area (TPSA) is 155 Å². The molecule has 0 aromatic carbocycles. The number of carbonyl (C=O) groups is 3. The third kappa shape index (κ3) is 52.1. The zero-order chi connectivity index (χ0) is 52.7. The van der Waals surface area contributed by atoms with Crippen LogP contribution in [0.4, 0.5) is 0 Å². The molecule has 418 valence electrons. The van der Waals surface area contributed by atoms with Crippen molar-refractivity contribution in [2.75, 3.05) is 26.4 Å². The summed E-state index contributed by atoms with van der Waals surface area (Å²) in [6.45, 7) is 4.47. The Kier molecular flexibility index (Phi) is 52.3. The van der Waals surface area contributed by atoms with E-state index >= 15 is 0 Å². The lowest BCUT2D eigenvalue weighted by Gasteiger charge is -2.21. The SMILES string of the molecule is CC/C=C\C/C=C\C/C=C\CCCCCCCCCC(=O)OC(COC(=O)CCCCCCC/C=C\C/C=C\CCC)COP(=O)(O)OCC(CO)OC(=O)CCCCCCCCCCCCCCCCC. The Hall–Kier alpha value is -2.82. The fourth-order valence-electron chi connectivity index (χ4n) is 8.00. The lowest BCUT2D eigenvalue weighted by molar-refractivity contribution is -0.161. The van der Waals surface area contributed by atoms with Crippen LogP contribution in [0.2, 0.25) is 0 Å². The number of phosphoric acid groups is 1. The lowest BCUT2D eigenvalue weighted by Crippen LogP contribution is -2.30. The summed E-state index contributed by atoms with van der Waals surface area (Å²) in [5.41, 5.74) is 0. The maximum Gasteiger partial charge on any atom is 0.472 e. The van der Waals surface area contributed by atoms with Crippen LogP contribution >= 0.6 is 7.82 Å². The Morgan fingerprint density at radius 3 is 1.17 bits per heavy atom. The average Bonchev–Trinajstić information content (AvgIpc) is 3.37. The predicted octanol–water partition coefficient (Wildman–Crippen LogP) is 17.1. The van der Waals surface area contributed by atoms with Gasteiger partial charge in [-0.2, -0.15) is 0 Å². The van der Waals surface area contributed by atoms with Crippen molar-refractivity contribution >= 4 is 25.7 Å². The molecule has 0 radical (unpaired) electrons. The van der Waals surface area contributed by atoms with Gasteiger partial charge in [0.1, 0.15) is 12.7 Å². The Bertz CT molecular complexity index is 1440. The Balaban J connectivity index is 4.71. The second kappa shape index (κ2) is 54.4. The molecule has 0 spiro atoms. The standard InChI is InChI=1S/C60H107O11P/c1-4-7-10-13-16-19-22-25-27-28-30-33-36-39-42-45-48-51-60(64)71-57(53-67-58(62)49-46-43-40-37-34-31-24-21-18-15-12-9-6-3)55-69-72(65,66)68-54-56(52-61)70-59(63)50-47-44-41-38-35-32-29-26-23-20-17-14-11-8-5-2/h7,10,12,15-16,19,21,24-25,27,56-57,61H,4-6,8-9,11,13-14,17-18,20,22-23,26,28-55H2,1-3H3,(H,65,66)/b10-7-,15-12-,19-16-,24-21-,27-25-. The number of unbranched alkanes of at least 4 members (excludes halogenated alkanes) is 27. The number of allylic oxidation sites excluding steroid dienone is 10. The van der Waals surface area contributed by atoms with Crippen molar-refractivity contribution < 1.29 is 52.2 Å². The van der Waals surface area contributed by atoms with Gasteiger partial charge in [-0.25, -0.2) is 4.57 Å². The summed E-state index contributed by atoms with van der Waals surface area (Å²) in [6.07, 6.45) is 58.9. The second-order valence-electron chi connectivity index (χ2n) is 19.4. The number of hydrogen-bond donors (Lipinski definition) is 2. The first-order valence-electron chi connectivity index (χ1n) is 29.2. The van der Waals surface area contributed by atoms with E-state index in [1.54, 1.807) is 0 Å². The van der Waals surface area contributed by atoms with Crippen molar-refractivity contribution in [3.8, 4) is 0 Å². The van der Waals surface area contributed by atoms with Crippen LogP contribution in [0, 0.1) is 0 Å². The summed E-state index contributed by atoms with van der Waals surface area (Å²) in [4.78, 5) is 48.5. The number of esters is 3. The minimum Gasteiger partial charge on any atom is -0.462 e. The van der Waals surface area contributed by atoms with Crippen LogP contribution < -0.4 is 0 Å². The van der Waals surface area contributed by atoms with E-state index in [2.05, 4.69) is 81.5 Å². The molecular formula is C60H107O11P. The molecular weight excluding hydrogens is 928 g/mol. The van der Waals surface area contributed by atoms with Gasteiger partial charge in [0.15, 0.2) is 6.10 Å². The zero-order valence-electron chi connectivity index (χ0n) is 46.1. The van der Waals surface area contributed by atoms with Crippen LogP contribution in [0.15, 0.2) is 60.8 Å². The van der Waals surface area contributed by atoms with Gasteiger partial charge in [0.25, 0.3) is 0 Å². The normalized spacial score (nSPS) is 13.8. The highest BCUT2D eigenvalue weighted by Gasteiger charge is 2.28. The first kappa shape index (κ1) is 69.2. The van der Waals surface area contributed by atoms with E-state index in [-0.39, 0.29) is 25.9 Å². The number of aliphatic hydroxyl groups excluding tert-OH is 1. The van der Waals surface area contributed by atoms with E-state index in [1.165, 1.54) is 83.5 Å². The number of hydrogen-bond acceptors (Lipinski definition) is 10. The molecule has 0 aliphatic carbocycles. The van der Waals surface area contributed by atoms with Gasteiger partial charge in [-0.1, -0.05) is 229 Å². The number of rotatable bonds is 54. The molecule has 0 saturated carbocycles. The molecule has 0 rings (SSSR count). The average molecular weight is 1040 g/mol. The monoisotopic (exact) mass is 1030 g/mol. The van der Waals surface area contributed by atoms with Crippen LogP contribution in [0.5, 0.6) is 0 Å². The van der Waals surface area contributed by atoms with E-state index in [0.717, 1.165) is 122 Å². The fourth-order valence-corrected chi connectivity index (χ4v) is 8.78. The highest BCUT2D eigenvalue weighted by atomic mass is 31.2. The van der Waals surface area contributed by atoms with E-state index in [0.29, 0.717) is 19.3 Å². The summed E-state index contributed by atoms with van der Waals surface area (Å²) in [7, 11) is -4.75. The van der Waals surface area contributed by atoms with Gasteiger partial charge in [0.2, 0.25) is 0 Å². The lowest BCUT2D eigenvalue weighted by atomic mass is 10.0. The van der Waals surface area contributed by atoms with Crippen molar-refractivity contribution in [2.24, 2.45) is 0 Å². The Labute approximate surface area is 440 Å². The molecule has 0 saturated heterocycles. The zero-order valence-corrected chi connectivity index (χ0v) is 47.0. The second-order valence-corrected chi connectivity index (χ2v) is 20.9. The number of aliphatic hydroxyl groups is 1. The fraction of sp³-hybridized carbons (Fsp3) is 0.783. The first-order valence-corrected chi connectivity index (χ1v) is 30.7. The summed E-state index contributed by atoms with van der Waals surface area (Å²) in [6, 6.07) is 0. The number of phosphoric ester groups is 1. The molecule has 3 unspecified atom stereocenters. The van der Waals surface area contributed by atoms with Crippen molar-refractivity contribution in [1.29, 1.82) is 0 Å². The molecule has 11 nitrogen and oxygen atoms in total. The largest absolute Gasteiger partial charge is 0.472 e. The smallest absolute Gasteiger partial charge is 0.462 e. The quantitative estimate of drug-likeness (QED) is 0.0197. The van der Waals surface area contributed by atoms with Gasteiger partial charge >= 0.3 is 25.7 Å². The van der Waals surface area contributed by atoms with Crippen LogP contribution in [-0.4, -0.2) is 66.5 Å². The number of ether oxygens (including phenoxy) is 3. The van der Waals surface area contributed by atoms with Gasteiger partial charge < -0.3 is 24.2 Å². The van der Waals surface area contributed by atoms with Crippen LogP contribution in [0.25, 0.3) is 0 Å². The summed E-state index contributed by atoms with van der Waals surface area (Å²) < 4.78 is 39.5. The van der Waals surface area contributed by atoms with Gasteiger partial charge in [-0.15, -0.1) is 0 Å². The predicted molar refractivity (Wildman–Crippen MR) is 298 cm³/mol. The third-order valence-electron chi connectivity index (χ3n) is 12.4. The van der Waals surface area contributed by atoms with Crippen molar-refractivity contribution in [3.63, 3.8) is 0 Å². The molecule has 0 aromatic heterocycles. The van der Waals surface area contributed by atoms with Crippen molar-refractivity contribution in [1.82, 2.24) is 0 Å². The van der Waals surface area contributed by atoms with Crippen molar-refractivity contribution in [2.45, 2.75) is 277 Å². The minimum atomic E-state index is -4.75.